The largest absolute Gasteiger partial charge is 0.440 e. The van der Waals surface area contributed by atoms with E-state index in [4.69, 9.17) is 16.0 Å². The Bertz CT molecular complexity index is 1220. The van der Waals surface area contributed by atoms with Crippen LogP contribution < -0.4 is 0 Å². The molecule has 7 heteroatoms. The number of imidazole rings is 1. The Morgan fingerprint density at radius 3 is 2.73 bits per heavy atom. The van der Waals surface area contributed by atoms with Crippen molar-refractivity contribution in [1.29, 1.82) is 0 Å². The van der Waals surface area contributed by atoms with Gasteiger partial charge in [-0.15, -0.1) is 0 Å². The summed E-state index contributed by atoms with van der Waals surface area (Å²) in [5.41, 5.74) is 3.50. The number of benzene rings is 2. The van der Waals surface area contributed by atoms with Gasteiger partial charge in [0.15, 0.2) is 11.5 Å². The number of nitrogens with zero attached hydrogens (tertiary/aromatic N) is 4. The summed E-state index contributed by atoms with van der Waals surface area (Å²) in [6.07, 6.45) is 2.49. The van der Waals surface area contributed by atoms with E-state index >= 15 is 0 Å². The number of amides is 1. The van der Waals surface area contributed by atoms with Crippen LogP contribution in [0.1, 0.15) is 37.4 Å². The van der Waals surface area contributed by atoms with Crippen LogP contribution in [0.4, 0.5) is 0 Å². The third-order valence-corrected chi connectivity index (χ3v) is 6.14. The highest BCUT2D eigenvalue weighted by molar-refractivity contribution is 6.31. The number of aryl methyl sites for hydroxylation is 1. The Morgan fingerprint density at radius 1 is 1.13 bits per heavy atom. The average molecular weight is 423 g/mol. The summed E-state index contributed by atoms with van der Waals surface area (Å²) in [4.78, 5) is 24.3. The van der Waals surface area contributed by atoms with Gasteiger partial charge in [-0.3, -0.25) is 4.79 Å². The minimum Gasteiger partial charge on any atom is -0.440 e. The van der Waals surface area contributed by atoms with Crippen molar-refractivity contribution in [3.05, 3.63) is 59.2 Å². The number of piperidine rings is 1. The molecule has 5 rings (SSSR count). The molecule has 4 aromatic rings. The van der Waals surface area contributed by atoms with Crippen molar-refractivity contribution >= 4 is 39.6 Å². The summed E-state index contributed by atoms with van der Waals surface area (Å²) < 4.78 is 7.99. The number of para-hydroxylation sites is 2. The maximum Gasteiger partial charge on any atom is 0.242 e. The van der Waals surface area contributed by atoms with Crippen molar-refractivity contribution < 1.29 is 9.21 Å². The normalized spacial score (nSPS) is 15.3. The zero-order valence-electron chi connectivity index (χ0n) is 16.8. The number of halogens is 1. The Hall–Kier alpha value is -2.86. The number of hydrogen-bond donors (Lipinski definition) is 0. The first-order valence-electron chi connectivity index (χ1n) is 10.4. The lowest BCUT2D eigenvalue weighted by Gasteiger charge is -2.31. The molecule has 30 heavy (non-hydrogen) atoms. The van der Waals surface area contributed by atoms with E-state index in [2.05, 4.69) is 16.9 Å². The average Bonchev–Trinajstić information content (AvgIpc) is 3.35. The summed E-state index contributed by atoms with van der Waals surface area (Å²) in [7, 11) is 0. The molecule has 0 atom stereocenters. The molecule has 0 N–H and O–H groups in total. The summed E-state index contributed by atoms with van der Waals surface area (Å²) in [5.74, 6) is 2.05. The molecule has 1 fully saturated rings. The van der Waals surface area contributed by atoms with Crippen LogP contribution in [0.2, 0.25) is 5.02 Å². The van der Waals surface area contributed by atoms with E-state index in [1.807, 2.05) is 51.9 Å². The third kappa shape index (κ3) is 3.45. The van der Waals surface area contributed by atoms with Gasteiger partial charge in [-0.2, -0.15) is 0 Å². The van der Waals surface area contributed by atoms with Crippen molar-refractivity contribution in [2.45, 2.75) is 38.6 Å². The van der Waals surface area contributed by atoms with Crippen LogP contribution in [0.5, 0.6) is 0 Å². The fraction of sp³-hybridized carbons (Fsp3) is 0.348. The molecule has 0 unspecified atom stereocenters. The van der Waals surface area contributed by atoms with Gasteiger partial charge in [-0.1, -0.05) is 30.7 Å². The SMILES string of the molecule is CCc1nc2ccccc2n1CC(=O)N1CCC(c2nc3cc(Cl)ccc3o2)CC1. The monoisotopic (exact) mass is 422 g/mol. The number of rotatable bonds is 4. The molecule has 1 aliphatic rings. The van der Waals surface area contributed by atoms with Gasteiger partial charge in [-0.05, 0) is 43.2 Å². The van der Waals surface area contributed by atoms with Crippen molar-refractivity contribution in [2.24, 2.45) is 0 Å². The molecule has 6 nitrogen and oxygen atoms in total. The lowest BCUT2D eigenvalue weighted by Crippen LogP contribution is -2.40. The van der Waals surface area contributed by atoms with Crippen LogP contribution >= 0.6 is 11.6 Å². The number of carbonyl (C=O) groups excluding carboxylic acids is 1. The van der Waals surface area contributed by atoms with E-state index in [9.17, 15) is 4.79 Å². The quantitative estimate of drug-likeness (QED) is 0.474. The van der Waals surface area contributed by atoms with Crippen molar-refractivity contribution in [3.8, 4) is 0 Å². The molecular formula is C23H23ClN4O2. The van der Waals surface area contributed by atoms with Gasteiger partial charge in [0.25, 0.3) is 0 Å². The molecular weight excluding hydrogens is 400 g/mol. The van der Waals surface area contributed by atoms with E-state index in [-0.39, 0.29) is 11.8 Å². The number of hydrogen-bond acceptors (Lipinski definition) is 4. The lowest BCUT2D eigenvalue weighted by atomic mass is 9.97. The number of fused-ring (bicyclic) bond motifs is 2. The summed E-state index contributed by atoms with van der Waals surface area (Å²) in [6, 6.07) is 13.5. The van der Waals surface area contributed by atoms with E-state index < -0.39 is 0 Å². The third-order valence-electron chi connectivity index (χ3n) is 5.91. The van der Waals surface area contributed by atoms with Gasteiger partial charge in [0.2, 0.25) is 5.91 Å². The molecule has 2 aromatic carbocycles. The van der Waals surface area contributed by atoms with E-state index in [0.717, 1.165) is 53.1 Å². The number of carbonyl (C=O) groups is 1. The molecule has 0 saturated carbocycles. The fourth-order valence-electron chi connectivity index (χ4n) is 4.28. The smallest absolute Gasteiger partial charge is 0.242 e. The molecule has 1 aliphatic heterocycles. The number of aromatic nitrogens is 3. The lowest BCUT2D eigenvalue weighted by molar-refractivity contribution is -0.132. The van der Waals surface area contributed by atoms with Crippen LogP contribution in [0.15, 0.2) is 46.9 Å². The Morgan fingerprint density at radius 2 is 1.93 bits per heavy atom. The first kappa shape index (κ1) is 19.1. The molecule has 0 aliphatic carbocycles. The topological polar surface area (TPSA) is 64.2 Å². The Labute approximate surface area is 179 Å². The van der Waals surface area contributed by atoms with Crippen LogP contribution in [-0.4, -0.2) is 38.4 Å². The van der Waals surface area contributed by atoms with Crippen LogP contribution in [0.25, 0.3) is 22.1 Å². The van der Waals surface area contributed by atoms with Gasteiger partial charge < -0.3 is 13.9 Å². The van der Waals surface area contributed by atoms with E-state index in [1.54, 1.807) is 0 Å². The molecule has 0 radical (unpaired) electrons. The summed E-state index contributed by atoms with van der Waals surface area (Å²) in [5, 5.41) is 0.654. The van der Waals surface area contributed by atoms with E-state index in [0.29, 0.717) is 24.7 Å². The molecule has 1 amide bonds. The van der Waals surface area contributed by atoms with Crippen molar-refractivity contribution in [2.75, 3.05) is 13.1 Å². The number of oxazole rings is 1. The predicted octanol–water partition coefficient (Wildman–Crippen LogP) is 4.80. The van der Waals surface area contributed by atoms with Crippen LogP contribution in [0.3, 0.4) is 0 Å². The summed E-state index contributed by atoms with van der Waals surface area (Å²) in [6.45, 7) is 3.81. The van der Waals surface area contributed by atoms with Crippen molar-refractivity contribution in [3.63, 3.8) is 0 Å². The second-order valence-corrected chi connectivity index (χ2v) is 8.21. The Balaban J connectivity index is 1.28. The number of likely N-dealkylation sites (tertiary alicyclic amines) is 1. The molecule has 0 spiro atoms. The Kier molecular flexibility index (Phi) is 4.95. The first-order chi connectivity index (χ1) is 14.6. The highest BCUT2D eigenvalue weighted by Gasteiger charge is 2.27. The minimum absolute atomic E-state index is 0.135. The molecule has 0 bridgehead atoms. The van der Waals surface area contributed by atoms with Gasteiger partial charge in [0.05, 0.1) is 11.0 Å². The fourth-order valence-corrected chi connectivity index (χ4v) is 4.44. The van der Waals surface area contributed by atoms with Gasteiger partial charge >= 0.3 is 0 Å². The zero-order valence-corrected chi connectivity index (χ0v) is 17.6. The first-order valence-corrected chi connectivity index (χ1v) is 10.8. The standard InChI is InChI=1S/C23H23ClN4O2/c1-2-21-25-17-5-3-4-6-19(17)28(21)14-22(29)27-11-9-15(10-12-27)23-26-18-13-16(24)7-8-20(18)30-23/h3-8,13,15H,2,9-12,14H2,1H3. The highest BCUT2D eigenvalue weighted by atomic mass is 35.5. The van der Waals surface area contributed by atoms with Crippen molar-refractivity contribution in [1.82, 2.24) is 19.4 Å². The molecule has 2 aromatic heterocycles. The van der Waals surface area contributed by atoms with Gasteiger partial charge in [-0.25, -0.2) is 9.97 Å². The van der Waals surface area contributed by atoms with Crippen LogP contribution in [-0.2, 0) is 17.8 Å². The molecule has 154 valence electrons. The highest BCUT2D eigenvalue weighted by Crippen LogP contribution is 2.31. The zero-order chi connectivity index (χ0) is 20.7. The minimum atomic E-state index is 0.135. The second-order valence-electron chi connectivity index (χ2n) is 7.78. The summed E-state index contributed by atoms with van der Waals surface area (Å²) >= 11 is 6.05. The van der Waals surface area contributed by atoms with E-state index in [1.165, 1.54) is 0 Å². The predicted molar refractivity (Wildman–Crippen MR) is 117 cm³/mol. The van der Waals surface area contributed by atoms with Crippen LogP contribution in [0, 0.1) is 0 Å². The van der Waals surface area contributed by atoms with Gasteiger partial charge in [0, 0.05) is 30.5 Å². The molecule has 1 saturated heterocycles. The van der Waals surface area contributed by atoms with Gasteiger partial charge in [0.1, 0.15) is 17.9 Å². The molecule has 3 heterocycles. The second kappa shape index (κ2) is 7.76. The maximum atomic E-state index is 13.0. The maximum absolute atomic E-state index is 13.0.